The van der Waals surface area contributed by atoms with Gasteiger partial charge in [0.1, 0.15) is 0 Å². The highest BCUT2D eigenvalue weighted by Crippen LogP contribution is 2.51. The number of halogens is 2. The van der Waals surface area contributed by atoms with Gasteiger partial charge in [0, 0.05) is 22.1 Å². The van der Waals surface area contributed by atoms with Crippen molar-refractivity contribution in [1.29, 1.82) is 0 Å². The van der Waals surface area contributed by atoms with Crippen LogP contribution < -0.4 is 0 Å². The number of hydrogen-bond donors (Lipinski definition) is 1. The molecule has 3 rings (SSSR count). The van der Waals surface area contributed by atoms with Gasteiger partial charge in [0.25, 0.3) is 0 Å². The zero-order chi connectivity index (χ0) is 13.6. The third kappa shape index (κ3) is 1.88. The summed E-state index contributed by atoms with van der Waals surface area (Å²) in [5.41, 5.74) is 4.49. The number of rotatable bonds is 2. The van der Waals surface area contributed by atoms with E-state index in [0.29, 0.717) is 6.42 Å². The average molecular weight is 293 g/mol. The second-order valence-electron chi connectivity index (χ2n) is 5.19. The maximum Gasteiger partial charge on any atom is 0.0442 e. The molecule has 0 unspecified atom stereocenters. The fourth-order valence-corrected chi connectivity index (χ4v) is 3.40. The topological polar surface area (TPSA) is 20.2 Å². The Hall–Kier alpha value is -1.02. The molecule has 0 spiro atoms. The Kier molecular flexibility index (Phi) is 3.09. The standard InChI is InChI=1S/C16H14Cl2O/c1-16(6-7-19)14-8-10(17)2-4-12(14)13-5-3-11(18)9-15(13)16/h2-5,8-9,19H,6-7H2,1H3. The highest BCUT2D eigenvalue weighted by atomic mass is 35.5. The fraction of sp³-hybridized carbons (Fsp3) is 0.250. The average Bonchev–Trinajstić information content (AvgIpc) is 2.60. The molecular weight excluding hydrogens is 279 g/mol. The van der Waals surface area contributed by atoms with Crippen molar-refractivity contribution in [2.75, 3.05) is 6.61 Å². The smallest absolute Gasteiger partial charge is 0.0442 e. The highest BCUT2D eigenvalue weighted by molar-refractivity contribution is 6.31. The molecule has 1 aliphatic carbocycles. The molecule has 0 bridgehead atoms. The highest BCUT2D eigenvalue weighted by Gasteiger charge is 2.39. The van der Waals surface area contributed by atoms with Gasteiger partial charge in [0.05, 0.1) is 0 Å². The molecule has 2 aromatic carbocycles. The van der Waals surface area contributed by atoms with Crippen LogP contribution in [-0.4, -0.2) is 11.7 Å². The van der Waals surface area contributed by atoms with Crippen LogP contribution in [0.2, 0.25) is 10.0 Å². The lowest BCUT2D eigenvalue weighted by Crippen LogP contribution is -2.22. The van der Waals surface area contributed by atoms with Crippen LogP contribution in [0.25, 0.3) is 11.1 Å². The van der Waals surface area contributed by atoms with Crippen LogP contribution in [0.1, 0.15) is 24.5 Å². The van der Waals surface area contributed by atoms with E-state index in [2.05, 4.69) is 6.92 Å². The first-order chi connectivity index (χ1) is 9.06. The van der Waals surface area contributed by atoms with Gasteiger partial charge in [-0.3, -0.25) is 0 Å². The van der Waals surface area contributed by atoms with Crippen molar-refractivity contribution < 1.29 is 5.11 Å². The van der Waals surface area contributed by atoms with E-state index in [1.54, 1.807) is 0 Å². The van der Waals surface area contributed by atoms with Crippen molar-refractivity contribution in [3.63, 3.8) is 0 Å². The molecule has 3 heteroatoms. The molecule has 0 aromatic heterocycles. The van der Waals surface area contributed by atoms with E-state index in [9.17, 15) is 5.11 Å². The van der Waals surface area contributed by atoms with Crippen molar-refractivity contribution in [3.8, 4) is 11.1 Å². The minimum absolute atomic E-state index is 0.133. The predicted molar refractivity (Wildman–Crippen MR) is 80.1 cm³/mol. The van der Waals surface area contributed by atoms with Crippen LogP contribution in [-0.2, 0) is 5.41 Å². The van der Waals surface area contributed by atoms with Crippen LogP contribution in [0, 0.1) is 0 Å². The maximum atomic E-state index is 9.42. The molecule has 0 saturated carbocycles. The summed E-state index contributed by atoms with van der Waals surface area (Å²) in [6.45, 7) is 2.27. The predicted octanol–water partition coefficient (Wildman–Crippen LogP) is 4.66. The third-order valence-corrected chi connectivity index (χ3v) is 4.52. The van der Waals surface area contributed by atoms with Crippen molar-refractivity contribution >= 4 is 23.2 Å². The zero-order valence-corrected chi connectivity index (χ0v) is 12.1. The third-order valence-electron chi connectivity index (χ3n) is 4.05. The number of hydrogen-bond acceptors (Lipinski definition) is 1. The molecule has 0 radical (unpaired) electrons. The lowest BCUT2D eigenvalue weighted by Gasteiger charge is -2.26. The summed E-state index contributed by atoms with van der Waals surface area (Å²) in [5.74, 6) is 0. The first-order valence-electron chi connectivity index (χ1n) is 6.27. The number of aliphatic hydroxyl groups excluding tert-OH is 1. The van der Waals surface area contributed by atoms with Gasteiger partial charge in [-0.05, 0) is 52.9 Å². The fourth-order valence-electron chi connectivity index (χ4n) is 3.05. The molecule has 0 fully saturated rings. The molecule has 0 atom stereocenters. The van der Waals surface area contributed by atoms with E-state index >= 15 is 0 Å². The van der Waals surface area contributed by atoms with Gasteiger partial charge in [-0.2, -0.15) is 0 Å². The Labute approximate surface area is 122 Å². The monoisotopic (exact) mass is 292 g/mol. The largest absolute Gasteiger partial charge is 0.396 e. The molecule has 2 aromatic rings. The van der Waals surface area contributed by atoms with Crippen molar-refractivity contribution in [2.45, 2.75) is 18.8 Å². The van der Waals surface area contributed by atoms with Gasteiger partial charge in [-0.15, -0.1) is 0 Å². The Morgan fingerprint density at radius 2 is 1.42 bits per heavy atom. The zero-order valence-electron chi connectivity index (χ0n) is 10.6. The van der Waals surface area contributed by atoms with Gasteiger partial charge in [0.15, 0.2) is 0 Å². The summed E-state index contributed by atoms with van der Waals surface area (Å²) in [5, 5.41) is 10.9. The maximum absolute atomic E-state index is 9.42. The quantitative estimate of drug-likeness (QED) is 0.853. The summed E-state index contributed by atoms with van der Waals surface area (Å²) < 4.78 is 0. The molecule has 0 aliphatic heterocycles. The second kappa shape index (κ2) is 4.52. The Bertz CT molecular complexity index is 598. The summed E-state index contributed by atoms with van der Waals surface area (Å²) in [4.78, 5) is 0. The molecule has 0 saturated heterocycles. The van der Waals surface area contributed by atoms with Crippen LogP contribution in [0.4, 0.5) is 0 Å². The van der Waals surface area contributed by atoms with Gasteiger partial charge in [-0.25, -0.2) is 0 Å². The first kappa shape index (κ1) is 13.0. The molecular formula is C16H14Cl2O. The molecule has 19 heavy (non-hydrogen) atoms. The number of benzene rings is 2. The Balaban J connectivity index is 2.32. The van der Waals surface area contributed by atoms with Gasteiger partial charge < -0.3 is 5.11 Å². The molecule has 1 aliphatic rings. The Morgan fingerprint density at radius 1 is 0.947 bits per heavy atom. The van der Waals surface area contributed by atoms with E-state index in [-0.39, 0.29) is 12.0 Å². The van der Waals surface area contributed by atoms with Gasteiger partial charge in [0.2, 0.25) is 0 Å². The summed E-state index contributed by atoms with van der Waals surface area (Å²) >= 11 is 12.3. The lowest BCUT2D eigenvalue weighted by molar-refractivity contribution is 0.261. The van der Waals surface area contributed by atoms with Crippen LogP contribution in [0.3, 0.4) is 0 Å². The molecule has 0 heterocycles. The minimum atomic E-state index is -0.227. The van der Waals surface area contributed by atoms with E-state index < -0.39 is 0 Å². The van der Waals surface area contributed by atoms with Gasteiger partial charge in [-0.1, -0.05) is 42.3 Å². The second-order valence-corrected chi connectivity index (χ2v) is 6.06. The summed E-state index contributed by atoms with van der Waals surface area (Å²) in [7, 11) is 0. The summed E-state index contributed by atoms with van der Waals surface area (Å²) in [6.07, 6.45) is 0.660. The summed E-state index contributed by atoms with van der Waals surface area (Å²) in [6, 6.07) is 11.9. The molecule has 98 valence electrons. The SMILES string of the molecule is CC1(CCO)c2cc(Cl)ccc2-c2ccc(Cl)cc21. The molecule has 0 amide bonds. The van der Waals surface area contributed by atoms with E-state index in [1.807, 2.05) is 36.4 Å². The minimum Gasteiger partial charge on any atom is -0.396 e. The number of fused-ring (bicyclic) bond motifs is 3. The van der Waals surface area contributed by atoms with Gasteiger partial charge >= 0.3 is 0 Å². The van der Waals surface area contributed by atoms with Crippen LogP contribution >= 0.6 is 23.2 Å². The number of aliphatic hydroxyl groups is 1. The van der Waals surface area contributed by atoms with E-state index in [0.717, 1.165) is 10.0 Å². The lowest BCUT2D eigenvalue weighted by atomic mass is 9.77. The first-order valence-corrected chi connectivity index (χ1v) is 7.03. The molecule has 1 nitrogen and oxygen atoms in total. The Morgan fingerprint density at radius 3 is 1.84 bits per heavy atom. The van der Waals surface area contributed by atoms with Crippen molar-refractivity contribution in [3.05, 3.63) is 57.6 Å². The van der Waals surface area contributed by atoms with Crippen molar-refractivity contribution in [2.24, 2.45) is 0 Å². The van der Waals surface area contributed by atoms with Crippen LogP contribution in [0.15, 0.2) is 36.4 Å². The van der Waals surface area contributed by atoms with Crippen LogP contribution in [0.5, 0.6) is 0 Å². The van der Waals surface area contributed by atoms with Crippen molar-refractivity contribution in [1.82, 2.24) is 0 Å². The van der Waals surface area contributed by atoms with E-state index in [4.69, 9.17) is 23.2 Å². The van der Waals surface area contributed by atoms with E-state index in [1.165, 1.54) is 22.3 Å². The normalized spacial score (nSPS) is 15.2. The molecule has 1 N–H and O–H groups in total.